The van der Waals surface area contributed by atoms with Gasteiger partial charge in [-0.1, -0.05) is 96.8 Å². The predicted molar refractivity (Wildman–Crippen MR) is 168 cm³/mol. The van der Waals surface area contributed by atoms with Crippen molar-refractivity contribution in [3.8, 4) is 0 Å². The minimum Gasteiger partial charge on any atom is -0.480 e. The monoisotopic (exact) mass is 612 g/mol. The minimum absolute atomic E-state index is 0.131. The van der Waals surface area contributed by atoms with Crippen molar-refractivity contribution < 1.29 is 34.2 Å². The van der Waals surface area contributed by atoms with E-state index < -0.39 is 41.9 Å². The van der Waals surface area contributed by atoms with E-state index in [0.29, 0.717) is 25.8 Å². The molecule has 0 aliphatic rings. The number of unbranched alkanes of at least 4 members (excludes halogenated alkanes) is 15. The molecule has 0 aliphatic heterocycles. The Morgan fingerprint density at radius 2 is 1.02 bits per heavy atom. The second-order valence-corrected chi connectivity index (χ2v) is 11.7. The first kappa shape index (κ1) is 40.3. The molecule has 3 unspecified atom stereocenters. The van der Waals surface area contributed by atoms with Crippen LogP contribution in [0.4, 0.5) is 0 Å². The zero-order valence-electron chi connectivity index (χ0n) is 26.8. The quantitative estimate of drug-likeness (QED) is 0.0650. The Balaban J connectivity index is 4.23. The summed E-state index contributed by atoms with van der Waals surface area (Å²) in [5, 5.41) is 26.0. The highest BCUT2D eigenvalue weighted by molar-refractivity contribution is 5.90. The van der Waals surface area contributed by atoms with Crippen molar-refractivity contribution in [2.45, 2.75) is 167 Å². The van der Waals surface area contributed by atoms with E-state index in [0.717, 1.165) is 19.3 Å². The molecule has 0 aromatic heterocycles. The summed E-state index contributed by atoms with van der Waals surface area (Å²) < 4.78 is 0. The number of nitrogens with one attached hydrogen (secondary N) is 3. The summed E-state index contributed by atoms with van der Waals surface area (Å²) in [7, 11) is 0. The molecule has 0 saturated carbocycles. The van der Waals surface area contributed by atoms with Crippen molar-refractivity contribution in [1.82, 2.24) is 16.0 Å². The van der Waals surface area contributed by atoms with Crippen LogP contribution in [0, 0.1) is 0 Å². The van der Waals surface area contributed by atoms with Gasteiger partial charge in [-0.2, -0.15) is 0 Å². The van der Waals surface area contributed by atoms with E-state index in [1.165, 1.54) is 77.6 Å². The molecule has 0 heterocycles. The Hall–Kier alpha value is -2.69. The first-order valence-electron chi connectivity index (χ1n) is 16.7. The molecule has 0 aromatic carbocycles. The average molecular weight is 613 g/mol. The van der Waals surface area contributed by atoms with Gasteiger partial charge in [0.1, 0.15) is 18.1 Å². The Bertz CT molecular complexity index is 794. The zero-order chi connectivity index (χ0) is 32.3. The third-order valence-electron chi connectivity index (χ3n) is 7.63. The topological polar surface area (TPSA) is 188 Å². The number of hydrogen-bond acceptors (Lipinski definition) is 6. The summed E-state index contributed by atoms with van der Waals surface area (Å²) in [5.41, 5.74) is 5.50. The van der Waals surface area contributed by atoms with Crippen LogP contribution in [-0.2, 0) is 24.0 Å². The van der Waals surface area contributed by atoms with Crippen molar-refractivity contribution in [3.63, 3.8) is 0 Å². The van der Waals surface area contributed by atoms with Crippen LogP contribution in [0.25, 0.3) is 0 Å². The Labute approximate surface area is 258 Å². The molecule has 0 rings (SSSR count). The molecule has 0 radical (unpaired) electrons. The molecule has 0 saturated heterocycles. The first-order chi connectivity index (χ1) is 20.6. The lowest BCUT2D eigenvalue weighted by molar-refractivity contribution is -0.142. The van der Waals surface area contributed by atoms with Crippen molar-refractivity contribution >= 4 is 29.7 Å². The Morgan fingerprint density at radius 1 is 0.558 bits per heavy atom. The second-order valence-electron chi connectivity index (χ2n) is 11.7. The molecular formula is C32H60N4O7. The van der Waals surface area contributed by atoms with Crippen molar-refractivity contribution in [2.24, 2.45) is 5.73 Å². The number of carboxylic acid groups (broad SMARTS) is 2. The van der Waals surface area contributed by atoms with Crippen LogP contribution >= 0.6 is 0 Å². The van der Waals surface area contributed by atoms with Gasteiger partial charge in [-0.25, -0.2) is 4.79 Å². The fourth-order valence-corrected chi connectivity index (χ4v) is 4.86. The lowest BCUT2D eigenvalue weighted by Gasteiger charge is -2.20. The average Bonchev–Trinajstić information content (AvgIpc) is 2.96. The molecule has 43 heavy (non-hydrogen) atoms. The fourth-order valence-electron chi connectivity index (χ4n) is 4.86. The van der Waals surface area contributed by atoms with E-state index in [4.69, 9.17) is 10.8 Å². The van der Waals surface area contributed by atoms with Gasteiger partial charge >= 0.3 is 11.9 Å². The Morgan fingerprint density at radius 3 is 1.49 bits per heavy atom. The fraction of sp³-hybridized carbons (Fsp3) is 0.844. The van der Waals surface area contributed by atoms with Gasteiger partial charge in [-0.3, -0.25) is 19.2 Å². The third kappa shape index (κ3) is 23.4. The maximum atomic E-state index is 12.5. The standard InChI is InChI=1S/C32H60N4O7/c1-3-4-5-6-7-8-9-10-11-12-13-14-15-16-17-21-28(37)36-27(32(42)43)22-23-29(38)35-26(20-18-19-24-33)30(39)34-25(2)31(40)41/h25-27H,3-24,33H2,1-2H3,(H,34,39)(H,35,38)(H,36,37)(H,40,41)(H,42,43). The number of aliphatic carboxylic acids is 2. The van der Waals surface area contributed by atoms with Crippen LogP contribution in [0.15, 0.2) is 0 Å². The van der Waals surface area contributed by atoms with Gasteiger partial charge in [0.2, 0.25) is 17.7 Å². The first-order valence-corrected chi connectivity index (χ1v) is 16.7. The van der Waals surface area contributed by atoms with Crippen molar-refractivity contribution in [1.29, 1.82) is 0 Å². The molecule has 0 aliphatic carbocycles. The summed E-state index contributed by atoms with van der Waals surface area (Å²) in [5.74, 6) is -3.98. The highest BCUT2D eigenvalue weighted by Gasteiger charge is 2.25. The van der Waals surface area contributed by atoms with Gasteiger partial charge in [0.15, 0.2) is 0 Å². The van der Waals surface area contributed by atoms with Gasteiger partial charge in [0.25, 0.3) is 0 Å². The number of rotatable bonds is 29. The maximum Gasteiger partial charge on any atom is 0.326 e. The maximum absolute atomic E-state index is 12.5. The van der Waals surface area contributed by atoms with Gasteiger partial charge in [-0.15, -0.1) is 0 Å². The molecule has 11 heteroatoms. The van der Waals surface area contributed by atoms with E-state index in [2.05, 4.69) is 22.9 Å². The number of amides is 3. The number of nitrogens with two attached hydrogens (primary N) is 1. The molecule has 0 fully saturated rings. The lowest BCUT2D eigenvalue weighted by atomic mass is 10.0. The van der Waals surface area contributed by atoms with Crippen LogP contribution in [-0.4, -0.2) is 64.5 Å². The van der Waals surface area contributed by atoms with E-state index >= 15 is 0 Å². The van der Waals surface area contributed by atoms with Crippen molar-refractivity contribution in [3.05, 3.63) is 0 Å². The molecule has 0 aromatic rings. The molecular weight excluding hydrogens is 552 g/mol. The molecule has 7 N–H and O–H groups in total. The van der Waals surface area contributed by atoms with Crippen LogP contribution in [0.1, 0.15) is 149 Å². The molecule has 3 atom stereocenters. The Kier molecular flexibility index (Phi) is 25.2. The third-order valence-corrected chi connectivity index (χ3v) is 7.63. The summed E-state index contributed by atoms with van der Waals surface area (Å²) in [6.45, 7) is 3.97. The van der Waals surface area contributed by atoms with Crippen molar-refractivity contribution in [2.75, 3.05) is 6.54 Å². The molecule has 11 nitrogen and oxygen atoms in total. The van der Waals surface area contributed by atoms with E-state index in [-0.39, 0.29) is 31.6 Å². The van der Waals surface area contributed by atoms with Gasteiger partial charge in [0.05, 0.1) is 0 Å². The summed E-state index contributed by atoms with van der Waals surface area (Å²) >= 11 is 0. The van der Waals surface area contributed by atoms with Crippen LogP contribution in [0.3, 0.4) is 0 Å². The van der Waals surface area contributed by atoms with Crippen LogP contribution in [0.2, 0.25) is 0 Å². The summed E-state index contributed by atoms with van der Waals surface area (Å²) in [6.07, 6.45) is 19.6. The van der Waals surface area contributed by atoms with Gasteiger partial charge < -0.3 is 31.9 Å². The smallest absolute Gasteiger partial charge is 0.326 e. The number of hydrogen-bond donors (Lipinski definition) is 6. The summed E-state index contributed by atoms with van der Waals surface area (Å²) in [6, 6.07) is -3.31. The molecule has 0 spiro atoms. The van der Waals surface area contributed by atoms with E-state index in [1.54, 1.807) is 0 Å². The summed E-state index contributed by atoms with van der Waals surface area (Å²) in [4.78, 5) is 60.1. The van der Waals surface area contributed by atoms with E-state index in [9.17, 15) is 29.1 Å². The SMILES string of the molecule is CCCCCCCCCCCCCCCCCC(=O)NC(CCC(=O)NC(CCCCN)C(=O)NC(C)C(=O)O)C(=O)O. The minimum atomic E-state index is -1.23. The van der Waals surface area contributed by atoms with Crippen LogP contribution in [0.5, 0.6) is 0 Å². The number of carbonyl (C=O) groups excluding carboxylic acids is 3. The highest BCUT2D eigenvalue weighted by atomic mass is 16.4. The highest BCUT2D eigenvalue weighted by Crippen LogP contribution is 2.14. The molecule has 0 bridgehead atoms. The normalized spacial score (nSPS) is 13.1. The number of carbonyl (C=O) groups is 5. The second kappa shape index (κ2) is 26.9. The predicted octanol–water partition coefficient (Wildman–Crippen LogP) is 4.80. The van der Waals surface area contributed by atoms with Gasteiger partial charge in [-0.05, 0) is 45.6 Å². The lowest BCUT2D eigenvalue weighted by Crippen LogP contribution is -2.51. The molecule has 3 amide bonds. The largest absolute Gasteiger partial charge is 0.480 e. The van der Waals surface area contributed by atoms with Gasteiger partial charge in [0, 0.05) is 12.8 Å². The zero-order valence-corrected chi connectivity index (χ0v) is 26.8. The van der Waals surface area contributed by atoms with E-state index in [1.807, 2.05) is 0 Å². The number of carboxylic acids is 2. The van der Waals surface area contributed by atoms with Crippen LogP contribution < -0.4 is 21.7 Å². The molecule has 250 valence electrons.